The second kappa shape index (κ2) is 7.35. The largest absolute Gasteiger partial charge is 0.481 e. The Morgan fingerprint density at radius 2 is 2.16 bits per heavy atom. The fraction of sp³-hybridized carbons (Fsp3) is 0.333. The molecule has 0 aromatic heterocycles. The first-order valence-electron chi connectivity index (χ1n) is 5.44. The van der Waals surface area contributed by atoms with E-state index >= 15 is 0 Å². The Bertz CT molecular complexity index is 484. The van der Waals surface area contributed by atoms with E-state index in [2.05, 4.69) is 5.32 Å². The Hall–Kier alpha value is -1.27. The average Bonchev–Trinajstić information content (AvgIpc) is 2.27. The van der Waals surface area contributed by atoms with Crippen molar-refractivity contribution in [3.05, 3.63) is 34.6 Å². The van der Waals surface area contributed by atoms with Crippen LogP contribution in [0.5, 0.6) is 0 Å². The van der Waals surface area contributed by atoms with Crippen LogP contribution >= 0.6 is 23.4 Å². The van der Waals surface area contributed by atoms with E-state index in [1.54, 1.807) is 6.92 Å². The highest BCUT2D eigenvalue weighted by molar-refractivity contribution is 8.00. The van der Waals surface area contributed by atoms with E-state index in [0.717, 1.165) is 11.8 Å². The molecule has 0 aliphatic rings. The Balaban J connectivity index is 2.52. The van der Waals surface area contributed by atoms with Crippen molar-refractivity contribution in [1.82, 2.24) is 5.32 Å². The van der Waals surface area contributed by atoms with Gasteiger partial charge in [-0.05, 0) is 24.6 Å². The van der Waals surface area contributed by atoms with E-state index in [0.29, 0.717) is 5.56 Å². The minimum absolute atomic E-state index is 0.0510. The first-order chi connectivity index (χ1) is 8.90. The molecule has 2 N–H and O–H groups in total. The third kappa shape index (κ3) is 5.48. The summed E-state index contributed by atoms with van der Waals surface area (Å²) in [6, 6.07) is 3.58. The molecule has 0 saturated heterocycles. The lowest BCUT2D eigenvalue weighted by Crippen LogP contribution is -2.28. The van der Waals surface area contributed by atoms with Crippen molar-refractivity contribution >= 4 is 35.2 Å². The van der Waals surface area contributed by atoms with Crippen molar-refractivity contribution in [2.24, 2.45) is 0 Å². The van der Waals surface area contributed by atoms with Gasteiger partial charge in [0.25, 0.3) is 0 Å². The van der Waals surface area contributed by atoms with Crippen LogP contribution in [0.2, 0.25) is 5.02 Å². The van der Waals surface area contributed by atoms with E-state index in [1.165, 1.54) is 18.2 Å². The number of thioether (sulfide) groups is 1. The molecule has 1 unspecified atom stereocenters. The van der Waals surface area contributed by atoms with Crippen LogP contribution in [-0.2, 0) is 9.59 Å². The monoisotopic (exact) mass is 305 g/mol. The summed E-state index contributed by atoms with van der Waals surface area (Å²) in [6.07, 6.45) is 0. The van der Waals surface area contributed by atoms with Gasteiger partial charge < -0.3 is 10.4 Å². The van der Waals surface area contributed by atoms with E-state index in [-0.39, 0.29) is 28.5 Å². The molecule has 0 radical (unpaired) electrons. The number of carbonyl (C=O) groups excluding carboxylic acids is 1. The van der Waals surface area contributed by atoms with Crippen molar-refractivity contribution in [2.75, 3.05) is 11.5 Å². The molecule has 1 aromatic carbocycles. The van der Waals surface area contributed by atoms with Crippen LogP contribution in [0.15, 0.2) is 18.2 Å². The normalized spacial score (nSPS) is 11.9. The highest BCUT2D eigenvalue weighted by Gasteiger charge is 2.13. The van der Waals surface area contributed by atoms with Gasteiger partial charge in [-0.2, -0.15) is 0 Å². The Morgan fingerprint density at radius 3 is 2.74 bits per heavy atom. The first-order valence-corrected chi connectivity index (χ1v) is 6.97. The van der Waals surface area contributed by atoms with Crippen LogP contribution in [0, 0.1) is 5.82 Å². The maximum absolute atomic E-state index is 12.9. The Labute approximate surface area is 119 Å². The molecule has 1 atom stereocenters. The number of rotatable bonds is 6. The summed E-state index contributed by atoms with van der Waals surface area (Å²) in [5.41, 5.74) is 0.611. The predicted molar refractivity (Wildman–Crippen MR) is 72.9 cm³/mol. The zero-order valence-corrected chi connectivity index (χ0v) is 11.7. The lowest BCUT2D eigenvalue weighted by Gasteiger charge is -2.15. The van der Waals surface area contributed by atoms with Crippen molar-refractivity contribution in [3.8, 4) is 0 Å². The summed E-state index contributed by atoms with van der Waals surface area (Å²) < 4.78 is 12.9. The van der Waals surface area contributed by atoms with Gasteiger partial charge in [0.05, 0.1) is 17.5 Å². The van der Waals surface area contributed by atoms with E-state index < -0.39 is 11.8 Å². The zero-order chi connectivity index (χ0) is 14.4. The van der Waals surface area contributed by atoms with Crippen molar-refractivity contribution < 1.29 is 19.1 Å². The third-order valence-electron chi connectivity index (χ3n) is 2.27. The molecule has 0 fully saturated rings. The summed E-state index contributed by atoms with van der Waals surface area (Å²) >= 11 is 6.89. The van der Waals surface area contributed by atoms with Crippen LogP contribution in [0.3, 0.4) is 0 Å². The number of carbonyl (C=O) groups is 2. The number of carboxylic acid groups (broad SMARTS) is 1. The van der Waals surface area contributed by atoms with Gasteiger partial charge in [-0.3, -0.25) is 9.59 Å². The van der Waals surface area contributed by atoms with Crippen LogP contribution in [0.4, 0.5) is 4.39 Å². The molecule has 0 aliphatic heterocycles. The van der Waals surface area contributed by atoms with Crippen LogP contribution in [0.1, 0.15) is 18.5 Å². The quantitative estimate of drug-likeness (QED) is 0.847. The highest BCUT2D eigenvalue weighted by Crippen LogP contribution is 2.23. The number of benzene rings is 1. The van der Waals surface area contributed by atoms with Gasteiger partial charge in [-0.1, -0.05) is 17.7 Å². The lowest BCUT2D eigenvalue weighted by atomic mass is 10.1. The van der Waals surface area contributed by atoms with Gasteiger partial charge in [-0.25, -0.2) is 4.39 Å². The van der Waals surface area contributed by atoms with Gasteiger partial charge in [0.1, 0.15) is 5.82 Å². The molecular weight excluding hydrogens is 293 g/mol. The molecule has 7 heteroatoms. The topological polar surface area (TPSA) is 66.4 Å². The predicted octanol–water partition coefficient (Wildman–Crippen LogP) is 2.47. The van der Waals surface area contributed by atoms with Gasteiger partial charge in [0.15, 0.2) is 0 Å². The minimum atomic E-state index is -0.965. The van der Waals surface area contributed by atoms with Gasteiger partial charge in [-0.15, -0.1) is 11.8 Å². The van der Waals surface area contributed by atoms with E-state index in [4.69, 9.17) is 16.7 Å². The molecule has 104 valence electrons. The number of hydrogen-bond donors (Lipinski definition) is 2. The van der Waals surface area contributed by atoms with Crippen LogP contribution < -0.4 is 5.32 Å². The van der Waals surface area contributed by atoms with Gasteiger partial charge >= 0.3 is 5.97 Å². The summed E-state index contributed by atoms with van der Waals surface area (Å²) in [4.78, 5) is 21.8. The molecule has 4 nitrogen and oxygen atoms in total. The number of hydrogen-bond acceptors (Lipinski definition) is 3. The van der Waals surface area contributed by atoms with Crippen LogP contribution in [0.25, 0.3) is 0 Å². The zero-order valence-electron chi connectivity index (χ0n) is 10.2. The first kappa shape index (κ1) is 15.8. The van der Waals surface area contributed by atoms with Crippen molar-refractivity contribution in [1.29, 1.82) is 0 Å². The summed E-state index contributed by atoms with van der Waals surface area (Å²) in [7, 11) is 0. The smallest absolute Gasteiger partial charge is 0.313 e. The second-order valence-electron chi connectivity index (χ2n) is 3.84. The number of amides is 1. The van der Waals surface area contributed by atoms with Gasteiger partial charge in [0.2, 0.25) is 5.91 Å². The Kier molecular flexibility index (Phi) is 6.11. The molecule has 0 aliphatic carbocycles. The summed E-state index contributed by atoms with van der Waals surface area (Å²) in [6.45, 7) is 1.72. The summed E-state index contributed by atoms with van der Waals surface area (Å²) in [5.74, 6) is -1.77. The third-order valence-corrected chi connectivity index (χ3v) is 3.51. The van der Waals surface area contributed by atoms with Crippen molar-refractivity contribution in [3.63, 3.8) is 0 Å². The number of aliphatic carboxylic acids is 1. The molecular formula is C12H13ClFNO3S. The lowest BCUT2D eigenvalue weighted by molar-refractivity contribution is -0.133. The maximum atomic E-state index is 12.9. The standard InChI is InChI=1S/C12H13ClFNO3S/c1-7(9-3-2-8(14)4-10(9)13)15-11(16)5-19-6-12(17)18/h2-4,7H,5-6H2,1H3,(H,15,16)(H,17,18). The van der Waals surface area contributed by atoms with E-state index in [1.807, 2.05) is 0 Å². The Morgan fingerprint density at radius 1 is 1.47 bits per heavy atom. The fourth-order valence-electron chi connectivity index (χ4n) is 1.44. The molecule has 0 spiro atoms. The maximum Gasteiger partial charge on any atom is 0.313 e. The molecule has 1 aromatic rings. The van der Waals surface area contributed by atoms with Crippen molar-refractivity contribution in [2.45, 2.75) is 13.0 Å². The second-order valence-corrected chi connectivity index (χ2v) is 5.23. The minimum Gasteiger partial charge on any atom is -0.481 e. The molecule has 19 heavy (non-hydrogen) atoms. The van der Waals surface area contributed by atoms with E-state index in [9.17, 15) is 14.0 Å². The molecule has 0 saturated carbocycles. The highest BCUT2D eigenvalue weighted by atomic mass is 35.5. The fourth-order valence-corrected chi connectivity index (χ4v) is 2.32. The number of halogens is 2. The summed E-state index contributed by atoms with van der Waals surface area (Å²) in [5, 5.41) is 11.4. The molecule has 0 heterocycles. The SMILES string of the molecule is CC(NC(=O)CSCC(=O)O)c1ccc(F)cc1Cl. The number of carboxylic acids is 1. The molecule has 1 amide bonds. The molecule has 0 bridgehead atoms. The number of nitrogens with one attached hydrogen (secondary N) is 1. The van der Waals surface area contributed by atoms with Crippen LogP contribution in [-0.4, -0.2) is 28.5 Å². The average molecular weight is 306 g/mol. The van der Waals surface area contributed by atoms with Gasteiger partial charge in [0, 0.05) is 5.02 Å². The molecule has 1 rings (SSSR count).